The van der Waals surface area contributed by atoms with Crippen molar-refractivity contribution in [2.75, 3.05) is 0 Å². The third-order valence-corrected chi connectivity index (χ3v) is 0. The Morgan fingerprint density at radius 3 is 1.00 bits per heavy atom. The van der Waals surface area contributed by atoms with Gasteiger partial charge in [-0.2, -0.15) is 0 Å². The van der Waals surface area contributed by atoms with E-state index in [0.717, 1.165) is 0 Å². The Bertz CT molecular complexity index is 8.00. The quantitative estimate of drug-likeness (QED) is 0.341. The van der Waals surface area contributed by atoms with E-state index in [2.05, 4.69) is 0 Å². The zero-order chi connectivity index (χ0) is 0. The second-order valence-electron chi connectivity index (χ2n) is 0. The van der Waals surface area contributed by atoms with Crippen molar-refractivity contribution in [3.63, 3.8) is 0 Å². The summed E-state index contributed by atoms with van der Waals surface area (Å²) in [5.41, 5.74) is 0. The Hall–Kier alpha value is 2.39. The minimum atomic E-state index is 0. The van der Waals surface area contributed by atoms with E-state index >= 15 is 0 Å². The van der Waals surface area contributed by atoms with E-state index in [4.69, 9.17) is 0 Å². The number of halogens is 2. The zero-order valence-corrected chi connectivity index (χ0v) is 6.66. The van der Waals surface area contributed by atoms with Crippen LogP contribution in [0.5, 0.6) is 0 Å². The van der Waals surface area contributed by atoms with Gasteiger partial charge in [-0.1, -0.05) is 0 Å². The minimum absolute atomic E-state index is 0. The first kappa shape index (κ1) is 32.5. The molecule has 0 atom stereocenters. The molecular formula is HBaClFLi. The molecule has 0 aliphatic heterocycles. The van der Waals surface area contributed by atoms with Crippen molar-refractivity contribution in [2.45, 2.75) is 0 Å². The molecule has 0 spiro atoms. The van der Waals surface area contributed by atoms with Gasteiger partial charge < -0.3 is 17.1 Å². The van der Waals surface area contributed by atoms with Crippen LogP contribution in [0.3, 0.4) is 0 Å². The standard InChI is InChI=1S/Ba.ClH.FH.Li.H/h;2*1H;;/q+2;;;;/p-2. The van der Waals surface area contributed by atoms with Crippen molar-refractivity contribution in [1.82, 2.24) is 0 Å². The monoisotopic (exact) mass is 200 g/mol. The molecule has 0 saturated carbocycles. The second kappa shape index (κ2) is 18.2. The number of hydrogen-bond donors (Lipinski definition) is 0. The first-order chi connectivity index (χ1) is 0. The number of rotatable bonds is 0. The maximum absolute atomic E-state index is 0. The first-order valence-corrected chi connectivity index (χ1v) is 0. The molecule has 18 valence electrons. The average Bonchev–Trinajstić information content (AvgIpc) is 0. The summed E-state index contributed by atoms with van der Waals surface area (Å²) in [7, 11) is 0. The molecule has 0 amide bonds. The second-order valence-corrected chi connectivity index (χ2v) is 0. The van der Waals surface area contributed by atoms with Crippen molar-refractivity contribution in [1.29, 1.82) is 0 Å². The normalized spacial score (nSPS) is 0. The van der Waals surface area contributed by atoms with E-state index in [9.17, 15) is 0 Å². The molecule has 0 aromatic rings. The summed E-state index contributed by atoms with van der Waals surface area (Å²) in [5.74, 6) is 0. The number of hydrogen-bond acceptors (Lipinski definition) is 0. The van der Waals surface area contributed by atoms with Gasteiger partial charge in [0.1, 0.15) is 0 Å². The molecule has 0 radical (unpaired) electrons. The molecule has 0 aliphatic carbocycles. The SMILES string of the molecule is [Ba+2].[Cl-].[F-].[LiH]. The van der Waals surface area contributed by atoms with E-state index in [-0.39, 0.29) is 84.9 Å². The third-order valence-electron chi connectivity index (χ3n) is 0. The van der Waals surface area contributed by atoms with E-state index in [1.165, 1.54) is 0 Å². The van der Waals surface area contributed by atoms with Crippen molar-refractivity contribution in [2.24, 2.45) is 0 Å². The van der Waals surface area contributed by atoms with Gasteiger partial charge in [-0.05, 0) is 0 Å². The predicted octanol–water partition coefficient (Wildman–Crippen LogP) is -7.02. The molecular weight excluding hydrogens is 199 g/mol. The molecule has 4 heteroatoms. The molecule has 0 N–H and O–H groups in total. The van der Waals surface area contributed by atoms with Gasteiger partial charge in [0.15, 0.2) is 0 Å². The summed E-state index contributed by atoms with van der Waals surface area (Å²) in [6.45, 7) is 0. The van der Waals surface area contributed by atoms with Gasteiger partial charge in [-0.3, -0.25) is 0 Å². The average molecular weight is 200 g/mol. The summed E-state index contributed by atoms with van der Waals surface area (Å²) < 4.78 is 0. The van der Waals surface area contributed by atoms with Gasteiger partial charge in [0, 0.05) is 0 Å². The fraction of sp³-hybridized carbons (Fsp3) is 0. The van der Waals surface area contributed by atoms with Gasteiger partial charge in [0.05, 0.1) is 0 Å². The van der Waals surface area contributed by atoms with Crippen LogP contribution in [0.25, 0.3) is 0 Å². The molecule has 0 aromatic carbocycles. The Balaban J connectivity index is 0. The van der Waals surface area contributed by atoms with Crippen LogP contribution < -0.4 is 17.1 Å². The van der Waals surface area contributed by atoms with Crippen LogP contribution in [-0.4, -0.2) is 67.7 Å². The molecule has 0 unspecified atom stereocenters. The summed E-state index contributed by atoms with van der Waals surface area (Å²) in [5, 5.41) is 0. The van der Waals surface area contributed by atoms with Crippen molar-refractivity contribution >= 4 is 67.7 Å². The van der Waals surface area contributed by atoms with Crippen LogP contribution in [0.15, 0.2) is 0 Å². The summed E-state index contributed by atoms with van der Waals surface area (Å²) in [6.07, 6.45) is 0. The molecule has 4 heavy (non-hydrogen) atoms. The van der Waals surface area contributed by atoms with E-state index in [1.807, 2.05) is 0 Å². The van der Waals surface area contributed by atoms with Gasteiger partial charge in [-0.15, -0.1) is 0 Å². The third kappa shape index (κ3) is 8.83. The Morgan fingerprint density at radius 2 is 1.00 bits per heavy atom. The summed E-state index contributed by atoms with van der Waals surface area (Å²) >= 11 is 0. The molecule has 0 aromatic heterocycles. The van der Waals surface area contributed by atoms with Crippen molar-refractivity contribution in [3.05, 3.63) is 0 Å². The molecule has 0 fully saturated rings. The Labute approximate surface area is 83.1 Å². The molecule has 0 saturated heterocycles. The van der Waals surface area contributed by atoms with E-state index in [0.29, 0.717) is 0 Å². The van der Waals surface area contributed by atoms with E-state index in [1.54, 1.807) is 0 Å². The van der Waals surface area contributed by atoms with Gasteiger partial charge in [-0.25, -0.2) is 0 Å². The molecule has 0 heterocycles. The fourth-order valence-electron chi connectivity index (χ4n) is 0. The first-order valence-electron chi connectivity index (χ1n) is 0. The van der Waals surface area contributed by atoms with Crippen LogP contribution in [0.4, 0.5) is 0 Å². The molecule has 0 bridgehead atoms. The molecule has 0 aliphatic rings. The van der Waals surface area contributed by atoms with Gasteiger partial charge >= 0.3 is 67.7 Å². The zero-order valence-electron chi connectivity index (χ0n) is 1.46. The van der Waals surface area contributed by atoms with Crippen LogP contribution in [-0.2, 0) is 0 Å². The topological polar surface area (TPSA) is 0 Å². The molecule has 0 rings (SSSR count). The van der Waals surface area contributed by atoms with Crippen molar-refractivity contribution in [3.8, 4) is 0 Å². The van der Waals surface area contributed by atoms with Gasteiger partial charge in [0.2, 0.25) is 0 Å². The van der Waals surface area contributed by atoms with Crippen LogP contribution in [0.2, 0.25) is 0 Å². The van der Waals surface area contributed by atoms with Crippen LogP contribution in [0, 0.1) is 0 Å². The van der Waals surface area contributed by atoms with Crippen molar-refractivity contribution < 1.29 is 17.1 Å². The fourth-order valence-corrected chi connectivity index (χ4v) is 0. The molecule has 0 nitrogen and oxygen atoms in total. The van der Waals surface area contributed by atoms with Crippen LogP contribution >= 0.6 is 0 Å². The van der Waals surface area contributed by atoms with E-state index < -0.39 is 0 Å². The summed E-state index contributed by atoms with van der Waals surface area (Å²) in [6, 6.07) is 0. The predicted molar refractivity (Wildman–Crippen MR) is 12.9 cm³/mol. The Morgan fingerprint density at radius 1 is 1.00 bits per heavy atom. The van der Waals surface area contributed by atoms with Gasteiger partial charge in [0.25, 0.3) is 0 Å². The van der Waals surface area contributed by atoms with Crippen LogP contribution in [0.1, 0.15) is 0 Å². The Kier molecular flexibility index (Phi) is 148. The maximum atomic E-state index is 0. The summed E-state index contributed by atoms with van der Waals surface area (Å²) in [4.78, 5) is 0.